The first kappa shape index (κ1) is 14.5. The maximum Gasteiger partial charge on any atom is 0.310 e. The Kier molecular flexibility index (Phi) is 4.04. The van der Waals surface area contributed by atoms with E-state index in [4.69, 9.17) is 16.7 Å². The topological polar surface area (TPSA) is 66.4 Å². The lowest BCUT2D eigenvalue weighted by molar-refractivity contribution is -0.140. The van der Waals surface area contributed by atoms with Crippen molar-refractivity contribution in [3.8, 4) is 0 Å². The van der Waals surface area contributed by atoms with Crippen LogP contribution in [0.4, 0.5) is 8.78 Å². The van der Waals surface area contributed by atoms with Gasteiger partial charge in [0.15, 0.2) is 0 Å². The Balaban J connectivity index is 2.09. The molecule has 0 fully saturated rings. The molecule has 0 saturated carbocycles. The van der Waals surface area contributed by atoms with Gasteiger partial charge in [-0.05, 0) is 18.6 Å². The molecule has 2 N–H and O–H groups in total. The molecule has 0 spiro atoms. The largest absolute Gasteiger partial charge is 0.481 e. The second kappa shape index (κ2) is 5.58. The lowest BCUT2D eigenvalue weighted by Crippen LogP contribution is -2.33. The van der Waals surface area contributed by atoms with Gasteiger partial charge in [-0.25, -0.2) is 8.78 Å². The number of carbonyl (C=O) groups is 2. The Morgan fingerprint density at radius 2 is 1.95 bits per heavy atom. The summed E-state index contributed by atoms with van der Waals surface area (Å²) in [5.74, 6) is -4.35. The van der Waals surface area contributed by atoms with Crippen LogP contribution in [0.2, 0.25) is 5.02 Å². The van der Waals surface area contributed by atoms with Crippen LogP contribution < -0.4 is 5.32 Å². The highest BCUT2D eigenvalue weighted by atomic mass is 35.5. The molecule has 7 heteroatoms. The summed E-state index contributed by atoms with van der Waals surface area (Å²) in [6, 6.07) is 0.901. The molecular weight excluding hydrogens is 292 g/mol. The van der Waals surface area contributed by atoms with Crippen molar-refractivity contribution in [2.45, 2.75) is 12.5 Å². The van der Waals surface area contributed by atoms with E-state index in [1.54, 1.807) is 0 Å². The van der Waals surface area contributed by atoms with Crippen molar-refractivity contribution in [2.24, 2.45) is 5.92 Å². The van der Waals surface area contributed by atoms with Crippen LogP contribution in [-0.2, 0) is 4.79 Å². The molecular formula is C13H10ClF2NO3. The first-order chi connectivity index (χ1) is 9.38. The van der Waals surface area contributed by atoms with Gasteiger partial charge in [0.05, 0.1) is 16.5 Å². The molecule has 1 aromatic rings. The maximum atomic E-state index is 13.5. The Hall–Kier alpha value is -1.95. The zero-order valence-corrected chi connectivity index (χ0v) is 10.8. The molecule has 1 aliphatic rings. The first-order valence-corrected chi connectivity index (χ1v) is 6.13. The molecule has 106 valence electrons. The van der Waals surface area contributed by atoms with Gasteiger partial charge in [0, 0.05) is 6.04 Å². The minimum atomic E-state index is -0.998. The summed E-state index contributed by atoms with van der Waals surface area (Å²) < 4.78 is 26.8. The van der Waals surface area contributed by atoms with Crippen molar-refractivity contribution in [3.05, 3.63) is 46.5 Å². The fraction of sp³-hybridized carbons (Fsp3) is 0.231. The summed E-state index contributed by atoms with van der Waals surface area (Å²) in [6.45, 7) is 0. The van der Waals surface area contributed by atoms with E-state index < -0.39 is 46.1 Å². The molecule has 0 saturated heterocycles. The Morgan fingerprint density at radius 3 is 2.55 bits per heavy atom. The summed E-state index contributed by atoms with van der Waals surface area (Å²) in [5.41, 5.74) is -0.473. The van der Waals surface area contributed by atoms with E-state index in [0.717, 1.165) is 6.07 Å². The monoisotopic (exact) mass is 301 g/mol. The molecule has 4 nitrogen and oxygen atoms in total. The molecule has 0 radical (unpaired) electrons. The third kappa shape index (κ3) is 2.96. The molecule has 1 aromatic carbocycles. The average Bonchev–Trinajstić information content (AvgIpc) is 2.82. The molecule has 0 aromatic heterocycles. The van der Waals surface area contributed by atoms with Gasteiger partial charge in [0.1, 0.15) is 11.6 Å². The summed E-state index contributed by atoms with van der Waals surface area (Å²) in [4.78, 5) is 22.6. The van der Waals surface area contributed by atoms with E-state index in [1.807, 2.05) is 0 Å². The number of carboxylic acids is 1. The summed E-state index contributed by atoms with van der Waals surface area (Å²) in [5, 5.41) is 10.8. The molecule has 20 heavy (non-hydrogen) atoms. The molecule has 2 atom stereocenters. The quantitative estimate of drug-likeness (QED) is 0.665. The third-order valence-electron chi connectivity index (χ3n) is 2.97. The fourth-order valence-electron chi connectivity index (χ4n) is 1.93. The van der Waals surface area contributed by atoms with Gasteiger partial charge in [-0.15, -0.1) is 0 Å². The van der Waals surface area contributed by atoms with Gasteiger partial charge in [-0.2, -0.15) is 0 Å². The summed E-state index contributed by atoms with van der Waals surface area (Å²) >= 11 is 5.39. The van der Waals surface area contributed by atoms with Crippen molar-refractivity contribution in [2.75, 3.05) is 0 Å². The van der Waals surface area contributed by atoms with Crippen LogP contribution in [0.5, 0.6) is 0 Å². The SMILES string of the molecule is O=C(NC1C=CC(C(=O)O)C1)c1cc(F)c(Cl)cc1F. The average molecular weight is 302 g/mol. The predicted molar refractivity (Wildman–Crippen MR) is 67.5 cm³/mol. The van der Waals surface area contributed by atoms with Gasteiger partial charge >= 0.3 is 5.97 Å². The highest BCUT2D eigenvalue weighted by molar-refractivity contribution is 6.30. The van der Waals surface area contributed by atoms with E-state index in [1.165, 1.54) is 12.2 Å². The van der Waals surface area contributed by atoms with Gasteiger partial charge < -0.3 is 10.4 Å². The number of rotatable bonds is 3. The van der Waals surface area contributed by atoms with Crippen LogP contribution in [0, 0.1) is 17.6 Å². The van der Waals surface area contributed by atoms with Crippen molar-refractivity contribution in [1.29, 1.82) is 0 Å². The van der Waals surface area contributed by atoms with Crippen LogP contribution in [0.1, 0.15) is 16.8 Å². The minimum absolute atomic E-state index is 0.179. The van der Waals surface area contributed by atoms with Gasteiger partial charge in [0.2, 0.25) is 0 Å². The highest BCUT2D eigenvalue weighted by Crippen LogP contribution is 2.21. The Morgan fingerprint density at radius 1 is 1.25 bits per heavy atom. The molecule has 2 rings (SSSR count). The number of benzene rings is 1. The van der Waals surface area contributed by atoms with Crippen LogP contribution in [0.15, 0.2) is 24.3 Å². The molecule has 1 amide bonds. The lowest BCUT2D eigenvalue weighted by Gasteiger charge is -2.12. The van der Waals surface area contributed by atoms with Gasteiger partial charge in [0.25, 0.3) is 5.91 Å². The lowest BCUT2D eigenvalue weighted by atomic mass is 10.1. The van der Waals surface area contributed by atoms with E-state index in [0.29, 0.717) is 6.07 Å². The number of aliphatic carboxylic acids is 1. The van der Waals surface area contributed by atoms with Crippen LogP contribution in [0.25, 0.3) is 0 Å². The third-order valence-corrected chi connectivity index (χ3v) is 3.26. The van der Waals surface area contributed by atoms with E-state index in [2.05, 4.69) is 5.32 Å². The molecule has 0 bridgehead atoms. The van der Waals surface area contributed by atoms with Crippen LogP contribution >= 0.6 is 11.6 Å². The standard InChI is InChI=1S/C13H10ClF2NO3/c14-9-5-10(15)8(4-11(9)16)12(18)17-7-2-1-6(3-7)13(19)20/h1-2,4-7H,3H2,(H,17,18)(H,19,20). The number of hydrogen-bond acceptors (Lipinski definition) is 2. The smallest absolute Gasteiger partial charge is 0.310 e. The van der Waals surface area contributed by atoms with Crippen molar-refractivity contribution < 1.29 is 23.5 Å². The molecule has 0 heterocycles. The number of carboxylic acid groups (broad SMARTS) is 1. The number of halogens is 3. The van der Waals surface area contributed by atoms with E-state index >= 15 is 0 Å². The zero-order valence-electron chi connectivity index (χ0n) is 10.1. The van der Waals surface area contributed by atoms with E-state index in [-0.39, 0.29) is 6.42 Å². The van der Waals surface area contributed by atoms with Crippen LogP contribution in [0.3, 0.4) is 0 Å². The fourth-order valence-corrected chi connectivity index (χ4v) is 2.08. The highest BCUT2D eigenvalue weighted by Gasteiger charge is 2.26. The molecule has 0 aliphatic heterocycles. The second-order valence-electron chi connectivity index (χ2n) is 4.39. The number of carbonyl (C=O) groups excluding carboxylic acids is 1. The van der Waals surface area contributed by atoms with Gasteiger partial charge in [-0.3, -0.25) is 9.59 Å². The normalized spacial score (nSPS) is 20.9. The minimum Gasteiger partial charge on any atom is -0.481 e. The zero-order chi connectivity index (χ0) is 14.9. The summed E-state index contributed by atoms with van der Waals surface area (Å²) in [7, 11) is 0. The first-order valence-electron chi connectivity index (χ1n) is 5.75. The Labute approximate surface area is 118 Å². The summed E-state index contributed by atoms with van der Waals surface area (Å²) in [6.07, 6.45) is 3.14. The number of hydrogen-bond donors (Lipinski definition) is 2. The van der Waals surface area contributed by atoms with Crippen molar-refractivity contribution in [1.82, 2.24) is 5.32 Å². The van der Waals surface area contributed by atoms with Crippen LogP contribution in [-0.4, -0.2) is 23.0 Å². The predicted octanol–water partition coefficient (Wildman–Crippen LogP) is 2.38. The second-order valence-corrected chi connectivity index (χ2v) is 4.80. The van der Waals surface area contributed by atoms with Crippen molar-refractivity contribution in [3.63, 3.8) is 0 Å². The van der Waals surface area contributed by atoms with Crippen molar-refractivity contribution >= 4 is 23.5 Å². The molecule has 1 aliphatic carbocycles. The molecule has 2 unspecified atom stereocenters. The van der Waals surface area contributed by atoms with E-state index in [9.17, 15) is 18.4 Å². The number of amides is 1. The number of nitrogens with one attached hydrogen (secondary N) is 1. The van der Waals surface area contributed by atoms with Gasteiger partial charge in [-0.1, -0.05) is 23.8 Å². The maximum absolute atomic E-state index is 13.5. The Bertz CT molecular complexity index is 604.